The molecule has 3 heterocycles. The lowest BCUT2D eigenvalue weighted by molar-refractivity contribution is 0.214. The van der Waals surface area contributed by atoms with Gasteiger partial charge >= 0.3 is 0 Å². The van der Waals surface area contributed by atoms with Crippen LogP contribution in [0, 0.1) is 5.92 Å². The lowest BCUT2D eigenvalue weighted by Gasteiger charge is -2.38. The van der Waals surface area contributed by atoms with E-state index >= 15 is 0 Å². The zero-order valence-electron chi connectivity index (χ0n) is 12.4. The second kappa shape index (κ2) is 5.55. The fraction of sp³-hybridized carbons (Fsp3) is 1.00. The second-order valence-electron chi connectivity index (χ2n) is 6.97. The summed E-state index contributed by atoms with van der Waals surface area (Å²) >= 11 is 0. The standard InChI is InChI=1S/C14H27N3O2S/c1-16-6-4-11(5-7-16)10-20(18,19)17-13-2-3-14(17)9-12(15)8-13/h11-14H,2-10,15H2,1H3/t12?,13-,14+. The molecule has 1 unspecified atom stereocenters. The highest BCUT2D eigenvalue weighted by Crippen LogP contribution is 2.38. The molecule has 0 aliphatic carbocycles. The van der Waals surface area contributed by atoms with Gasteiger partial charge in [0.25, 0.3) is 0 Å². The Labute approximate surface area is 122 Å². The van der Waals surface area contributed by atoms with Gasteiger partial charge in [-0.3, -0.25) is 0 Å². The first-order valence-corrected chi connectivity index (χ1v) is 9.52. The van der Waals surface area contributed by atoms with Gasteiger partial charge in [0, 0.05) is 18.1 Å². The van der Waals surface area contributed by atoms with Crippen LogP contribution in [0.4, 0.5) is 0 Å². The van der Waals surface area contributed by atoms with E-state index in [2.05, 4.69) is 11.9 Å². The van der Waals surface area contributed by atoms with E-state index in [0.717, 1.165) is 51.6 Å². The summed E-state index contributed by atoms with van der Waals surface area (Å²) in [6, 6.07) is 0.558. The molecular formula is C14H27N3O2S. The SMILES string of the molecule is CN1CCC(CS(=O)(=O)N2[C@@H]3CC[C@H]2CC(N)C3)CC1. The van der Waals surface area contributed by atoms with Gasteiger partial charge in [0.2, 0.25) is 10.0 Å². The number of sulfonamides is 1. The minimum Gasteiger partial charge on any atom is -0.328 e. The first-order chi connectivity index (χ1) is 9.45. The van der Waals surface area contributed by atoms with Crippen LogP contribution < -0.4 is 5.73 Å². The molecule has 0 spiro atoms. The van der Waals surface area contributed by atoms with Gasteiger partial charge in [0.1, 0.15) is 0 Å². The number of piperidine rings is 2. The molecule has 116 valence electrons. The molecule has 0 aromatic heterocycles. The van der Waals surface area contributed by atoms with Crippen LogP contribution in [-0.2, 0) is 10.0 Å². The lowest BCUT2D eigenvalue weighted by atomic mass is 10.00. The molecule has 3 fully saturated rings. The summed E-state index contributed by atoms with van der Waals surface area (Å²) in [4.78, 5) is 2.28. The number of nitrogens with zero attached hydrogens (tertiary/aromatic N) is 2. The molecule has 3 aliphatic heterocycles. The Morgan fingerprint density at radius 3 is 2.15 bits per heavy atom. The first-order valence-electron chi connectivity index (χ1n) is 7.91. The van der Waals surface area contributed by atoms with Crippen LogP contribution in [0.1, 0.15) is 38.5 Å². The molecule has 3 saturated heterocycles. The van der Waals surface area contributed by atoms with E-state index in [1.54, 1.807) is 0 Å². The number of nitrogens with two attached hydrogens (primary N) is 1. The van der Waals surface area contributed by atoms with Gasteiger partial charge in [0.05, 0.1) is 5.75 Å². The van der Waals surface area contributed by atoms with Crippen molar-refractivity contribution in [1.29, 1.82) is 0 Å². The summed E-state index contributed by atoms with van der Waals surface area (Å²) in [5, 5.41) is 0. The smallest absolute Gasteiger partial charge is 0.214 e. The molecule has 20 heavy (non-hydrogen) atoms. The molecule has 0 aromatic carbocycles. The third-order valence-corrected chi connectivity index (χ3v) is 7.44. The van der Waals surface area contributed by atoms with Gasteiger partial charge in [-0.1, -0.05) is 0 Å². The molecule has 0 amide bonds. The van der Waals surface area contributed by atoms with Crippen LogP contribution in [0.3, 0.4) is 0 Å². The molecule has 5 nitrogen and oxygen atoms in total. The Hall–Kier alpha value is -0.170. The maximum Gasteiger partial charge on any atom is 0.214 e. The van der Waals surface area contributed by atoms with Crippen molar-refractivity contribution in [3.63, 3.8) is 0 Å². The molecule has 3 atom stereocenters. The second-order valence-corrected chi connectivity index (χ2v) is 8.89. The summed E-state index contributed by atoms with van der Waals surface area (Å²) < 4.78 is 27.4. The predicted octanol–water partition coefficient (Wildman–Crippen LogP) is 0.612. The molecule has 2 N–H and O–H groups in total. The van der Waals surface area contributed by atoms with E-state index in [9.17, 15) is 8.42 Å². The van der Waals surface area contributed by atoms with Crippen LogP contribution in [0.25, 0.3) is 0 Å². The molecular weight excluding hydrogens is 274 g/mol. The zero-order valence-corrected chi connectivity index (χ0v) is 13.2. The largest absolute Gasteiger partial charge is 0.328 e. The maximum atomic E-state index is 12.8. The maximum absolute atomic E-state index is 12.8. The normalized spacial score (nSPS) is 37.4. The number of hydrogen-bond donors (Lipinski definition) is 1. The molecule has 6 heteroatoms. The Bertz CT molecular complexity index is 431. The van der Waals surface area contributed by atoms with E-state index < -0.39 is 10.0 Å². The Kier molecular flexibility index (Phi) is 4.10. The fourth-order valence-corrected chi connectivity index (χ4v) is 6.64. The molecule has 2 bridgehead atoms. The van der Waals surface area contributed by atoms with Crippen LogP contribution in [0.5, 0.6) is 0 Å². The molecule has 0 saturated carbocycles. The monoisotopic (exact) mass is 301 g/mol. The van der Waals surface area contributed by atoms with Gasteiger partial charge < -0.3 is 10.6 Å². The highest BCUT2D eigenvalue weighted by Gasteiger charge is 2.46. The summed E-state index contributed by atoms with van der Waals surface area (Å²) in [6.07, 6.45) is 5.74. The third kappa shape index (κ3) is 2.89. The predicted molar refractivity (Wildman–Crippen MR) is 79.9 cm³/mol. The van der Waals surface area contributed by atoms with E-state index in [1.807, 2.05) is 4.31 Å². The summed E-state index contributed by atoms with van der Waals surface area (Å²) in [6.45, 7) is 2.05. The number of hydrogen-bond acceptors (Lipinski definition) is 4. The quantitative estimate of drug-likeness (QED) is 0.829. The van der Waals surface area contributed by atoms with Gasteiger partial charge in [-0.25, -0.2) is 8.42 Å². The average molecular weight is 301 g/mol. The topological polar surface area (TPSA) is 66.6 Å². The van der Waals surface area contributed by atoms with Gasteiger partial charge in [0.15, 0.2) is 0 Å². The number of fused-ring (bicyclic) bond motifs is 2. The highest BCUT2D eigenvalue weighted by molar-refractivity contribution is 7.89. The van der Waals surface area contributed by atoms with Gasteiger partial charge in [-0.2, -0.15) is 4.31 Å². The summed E-state index contributed by atoms with van der Waals surface area (Å²) in [7, 11) is -0.992. The minimum absolute atomic E-state index is 0.181. The number of likely N-dealkylation sites (tertiary alicyclic amines) is 1. The molecule has 3 rings (SSSR count). The van der Waals surface area contributed by atoms with Crippen molar-refractivity contribution in [2.24, 2.45) is 11.7 Å². The van der Waals surface area contributed by atoms with Crippen LogP contribution in [-0.4, -0.2) is 61.6 Å². The fourth-order valence-electron chi connectivity index (χ4n) is 4.24. The van der Waals surface area contributed by atoms with Crippen molar-refractivity contribution in [3.05, 3.63) is 0 Å². The summed E-state index contributed by atoms with van der Waals surface area (Å²) in [5.41, 5.74) is 6.03. The third-order valence-electron chi connectivity index (χ3n) is 5.31. The lowest BCUT2D eigenvalue weighted by Crippen LogP contribution is -2.51. The molecule has 3 aliphatic rings. The van der Waals surface area contributed by atoms with E-state index in [-0.39, 0.29) is 18.1 Å². The minimum atomic E-state index is -3.10. The van der Waals surface area contributed by atoms with Crippen molar-refractivity contribution >= 4 is 10.0 Å². The van der Waals surface area contributed by atoms with Crippen LogP contribution >= 0.6 is 0 Å². The van der Waals surface area contributed by atoms with Crippen molar-refractivity contribution in [1.82, 2.24) is 9.21 Å². The molecule has 0 radical (unpaired) electrons. The van der Waals surface area contributed by atoms with Crippen LogP contribution in [0.15, 0.2) is 0 Å². The van der Waals surface area contributed by atoms with E-state index in [4.69, 9.17) is 5.73 Å². The van der Waals surface area contributed by atoms with Gasteiger partial charge in [-0.15, -0.1) is 0 Å². The average Bonchev–Trinajstić information content (AvgIpc) is 2.66. The van der Waals surface area contributed by atoms with Crippen LogP contribution in [0.2, 0.25) is 0 Å². The highest BCUT2D eigenvalue weighted by atomic mass is 32.2. The van der Waals surface area contributed by atoms with Gasteiger partial charge in [-0.05, 0) is 64.6 Å². The Morgan fingerprint density at radius 2 is 1.60 bits per heavy atom. The van der Waals surface area contributed by atoms with E-state index in [0.29, 0.717) is 11.7 Å². The van der Waals surface area contributed by atoms with Crippen molar-refractivity contribution < 1.29 is 8.42 Å². The zero-order chi connectivity index (χ0) is 14.3. The van der Waals surface area contributed by atoms with E-state index in [1.165, 1.54) is 0 Å². The number of rotatable bonds is 3. The van der Waals surface area contributed by atoms with Crippen molar-refractivity contribution in [3.8, 4) is 0 Å². The Balaban J connectivity index is 1.66. The van der Waals surface area contributed by atoms with Crippen molar-refractivity contribution in [2.45, 2.75) is 56.7 Å². The summed E-state index contributed by atoms with van der Waals surface area (Å²) in [5.74, 6) is 0.689. The molecule has 0 aromatic rings. The first kappa shape index (κ1) is 14.8. The Morgan fingerprint density at radius 1 is 1.05 bits per heavy atom. The van der Waals surface area contributed by atoms with Crippen molar-refractivity contribution in [2.75, 3.05) is 25.9 Å².